The van der Waals surface area contributed by atoms with Gasteiger partial charge in [-0.3, -0.25) is 0 Å². The first kappa shape index (κ1) is 18.7. The van der Waals surface area contributed by atoms with Gasteiger partial charge in [0.25, 0.3) is 0 Å². The molecule has 24 heavy (non-hydrogen) atoms. The largest absolute Gasteiger partial charge is 0.454 e. The Morgan fingerprint density at radius 1 is 1.25 bits per heavy atom. The van der Waals surface area contributed by atoms with Crippen molar-refractivity contribution in [3.05, 3.63) is 48.0 Å². The molecule has 128 valence electrons. The molecule has 0 fully saturated rings. The molecule has 2 rings (SSSR count). The van der Waals surface area contributed by atoms with Crippen molar-refractivity contribution in [2.75, 3.05) is 11.9 Å². The van der Waals surface area contributed by atoms with Crippen LogP contribution in [0.15, 0.2) is 47.4 Å². The Kier molecular flexibility index (Phi) is 8.00. The average molecular weight is 364 g/mol. The molecule has 0 radical (unpaired) electrons. The van der Waals surface area contributed by atoms with Gasteiger partial charge in [0.1, 0.15) is 5.75 Å². The molecule has 0 unspecified atom stereocenters. The zero-order chi connectivity index (χ0) is 17.2. The van der Waals surface area contributed by atoms with Crippen LogP contribution in [0.4, 0.5) is 5.69 Å². The molecule has 7 heteroatoms. The van der Waals surface area contributed by atoms with Gasteiger partial charge in [0, 0.05) is 11.9 Å². The van der Waals surface area contributed by atoms with Gasteiger partial charge in [-0.15, -0.1) is 9.32 Å². The number of hydrogen-bond donors (Lipinski definition) is 2. The Morgan fingerprint density at radius 2 is 2.04 bits per heavy atom. The van der Waals surface area contributed by atoms with Crippen LogP contribution in [0, 0.1) is 0 Å². The SMILES string of the molecule is CCCCNc1cc(C=S)cc(SOON)c1Oc1ccccc1. The van der Waals surface area contributed by atoms with Gasteiger partial charge in [0.2, 0.25) is 0 Å². The van der Waals surface area contributed by atoms with Gasteiger partial charge < -0.3 is 10.1 Å². The molecule has 0 aromatic heterocycles. The van der Waals surface area contributed by atoms with E-state index in [2.05, 4.69) is 17.2 Å². The fraction of sp³-hybridized carbons (Fsp3) is 0.235. The van der Waals surface area contributed by atoms with Crippen LogP contribution in [-0.4, -0.2) is 11.9 Å². The Morgan fingerprint density at radius 3 is 2.71 bits per heavy atom. The number of rotatable bonds is 10. The number of nitrogens with two attached hydrogens (primary N) is 1. The number of ether oxygens (including phenoxy) is 1. The van der Waals surface area contributed by atoms with Crippen LogP contribution in [-0.2, 0) is 9.32 Å². The number of para-hydroxylation sites is 1. The number of thiocarbonyl (C=S) groups is 1. The molecule has 3 N–H and O–H groups in total. The summed E-state index contributed by atoms with van der Waals surface area (Å²) in [5, 5.41) is 5.00. The normalized spacial score (nSPS) is 10.4. The Hall–Kier alpha value is -1.64. The van der Waals surface area contributed by atoms with E-state index in [0.29, 0.717) is 10.6 Å². The molecule has 0 spiro atoms. The first-order valence-corrected chi connectivity index (χ1v) is 8.79. The van der Waals surface area contributed by atoms with Gasteiger partial charge in [0.05, 0.1) is 22.6 Å². The van der Waals surface area contributed by atoms with Crippen molar-refractivity contribution in [2.24, 2.45) is 5.90 Å². The zero-order valence-electron chi connectivity index (χ0n) is 13.4. The van der Waals surface area contributed by atoms with E-state index in [1.807, 2.05) is 42.5 Å². The van der Waals surface area contributed by atoms with Crippen molar-refractivity contribution in [1.29, 1.82) is 0 Å². The summed E-state index contributed by atoms with van der Waals surface area (Å²) in [5.41, 5.74) is 1.71. The molecule has 5 nitrogen and oxygen atoms in total. The van der Waals surface area contributed by atoms with E-state index < -0.39 is 0 Å². The highest BCUT2D eigenvalue weighted by atomic mass is 32.2. The van der Waals surface area contributed by atoms with Crippen molar-refractivity contribution in [1.82, 2.24) is 0 Å². The van der Waals surface area contributed by atoms with E-state index >= 15 is 0 Å². The molecule has 2 aromatic rings. The number of anilines is 1. The molecule has 0 bridgehead atoms. The second-order valence-electron chi connectivity index (χ2n) is 4.96. The van der Waals surface area contributed by atoms with E-state index in [-0.39, 0.29) is 0 Å². The third-order valence-electron chi connectivity index (χ3n) is 3.19. The maximum absolute atomic E-state index is 6.06. The molecule has 2 aromatic carbocycles. The lowest BCUT2D eigenvalue weighted by molar-refractivity contribution is -0.195. The highest BCUT2D eigenvalue weighted by Crippen LogP contribution is 2.40. The lowest BCUT2D eigenvalue weighted by Gasteiger charge is -2.17. The summed E-state index contributed by atoms with van der Waals surface area (Å²) in [6.07, 6.45) is 2.15. The van der Waals surface area contributed by atoms with Gasteiger partial charge in [-0.05, 0) is 36.2 Å². The Bertz CT molecular complexity index is 654. The quantitative estimate of drug-likeness (QED) is 0.205. The van der Waals surface area contributed by atoms with Gasteiger partial charge in [-0.25, -0.2) is 0 Å². The summed E-state index contributed by atoms with van der Waals surface area (Å²) in [5.74, 6) is 6.32. The van der Waals surface area contributed by atoms with Crippen LogP contribution < -0.4 is 16.0 Å². The van der Waals surface area contributed by atoms with Crippen molar-refractivity contribution >= 4 is 35.3 Å². The minimum atomic E-state index is 0.639. The monoisotopic (exact) mass is 364 g/mol. The molecular weight excluding hydrogens is 344 g/mol. The summed E-state index contributed by atoms with van der Waals surface area (Å²) in [7, 11) is 0. The maximum Gasteiger partial charge on any atom is 0.166 e. The number of unbranched alkanes of at least 4 members (excludes halogenated alkanes) is 1. The average Bonchev–Trinajstić information content (AvgIpc) is 2.62. The van der Waals surface area contributed by atoms with Crippen molar-refractivity contribution in [3.8, 4) is 11.5 Å². The van der Waals surface area contributed by atoms with Gasteiger partial charge >= 0.3 is 0 Å². The fourth-order valence-corrected chi connectivity index (χ4v) is 2.71. The molecule has 0 saturated carbocycles. The summed E-state index contributed by atoms with van der Waals surface area (Å²) < 4.78 is 10.9. The molecule has 0 aliphatic heterocycles. The molecule has 0 saturated heterocycles. The van der Waals surface area contributed by atoms with Crippen LogP contribution in [0.25, 0.3) is 0 Å². The lowest BCUT2D eigenvalue weighted by Crippen LogP contribution is -2.04. The molecule has 0 heterocycles. The first-order valence-electron chi connectivity index (χ1n) is 7.58. The molecule has 0 aliphatic carbocycles. The van der Waals surface area contributed by atoms with E-state index in [9.17, 15) is 0 Å². The summed E-state index contributed by atoms with van der Waals surface area (Å²) in [4.78, 5) is 4.92. The van der Waals surface area contributed by atoms with Crippen LogP contribution in [0.3, 0.4) is 0 Å². The summed E-state index contributed by atoms with van der Waals surface area (Å²) >= 11 is 6.03. The summed E-state index contributed by atoms with van der Waals surface area (Å²) in [6, 6.07) is 13.3. The van der Waals surface area contributed by atoms with Crippen LogP contribution in [0.5, 0.6) is 11.5 Å². The first-order chi connectivity index (χ1) is 11.8. The fourth-order valence-electron chi connectivity index (χ4n) is 2.05. The second-order valence-corrected chi connectivity index (χ2v) is 5.93. The van der Waals surface area contributed by atoms with Crippen LogP contribution in [0.1, 0.15) is 25.3 Å². The molecule has 0 aliphatic rings. The van der Waals surface area contributed by atoms with Crippen molar-refractivity contribution in [3.63, 3.8) is 0 Å². The lowest BCUT2D eigenvalue weighted by atomic mass is 10.2. The van der Waals surface area contributed by atoms with E-state index in [0.717, 1.165) is 48.4 Å². The number of nitrogens with one attached hydrogen (secondary N) is 1. The molecular formula is C17H20N2O3S2. The molecule has 0 atom stereocenters. The zero-order valence-corrected chi connectivity index (χ0v) is 15.0. The van der Waals surface area contributed by atoms with E-state index in [1.165, 1.54) is 0 Å². The van der Waals surface area contributed by atoms with Gasteiger partial charge in [-0.1, -0.05) is 43.8 Å². The van der Waals surface area contributed by atoms with E-state index in [4.69, 9.17) is 27.2 Å². The topological polar surface area (TPSA) is 65.7 Å². The predicted octanol–water partition coefficient (Wildman–Crippen LogP) is 4.87. The number of hydrogen-bond acceptors (Lipinski definition) is 7. The second kappa shape index (κ2) is 10.3. The third-order valence-corrected chi connectivity index (χ3v) is 4.09. The third kappa shape index (κ3) is 5.47. The van der Waals surface area contributed by atoms with Crippen molar-refractivity contribution < 1.29 is 14.1 Å². The summed E-state index contributed by atoms with van der Waals surface area (Å²) in [6.45, 7) is 2.98. The predicted molar refractivity (Wildman–Crippen MR) is 101 cm³/mol. The minimum Gasteiger partial charge on any atom is -0.454 e. The van der Waals surface area contributed by atoms with Crippen molar-refractivity contribution in [2.45, 2.75) is 24.7 Å². The Labute approximate surface area is 151 Å². The highest BCUT2D eigenvalue weighted by molar-refractivity contribution is 7.94. The van der Waals surface area contributed by atoms with E-state index in [1.54, 1.807) is 5.37 Å². The Balaban J connectivity index is 2.37. The van der Waals surface area contributed by atoms with Crippen LogP contribution in [0.2, 0.25) is 0 Å². The van der Waals surface area contributed by atoms with Gasteiger partial charge in [0.15, 0.2) is 5.75 Å². The highest BCUT2D eigenvalue weighted by Gasteiger charge is 2.15. The number of benzene rings is 2. The van der Waals surface area contributed by atoms with Crippen LogP contribution >= 0.6 is 24.3 Å². The van der Waals surface area contributed by atoms with Gasteiger partial charge in [-0.2, -0.15) is 5.90 Å². The maximum atomic E-state index is 6.06. The minimum absolute atomic E-state index is 0.639. The standard InChI is InChI=1S/C17H20N2O3S2/c1-2-3-9-19-15-10-13(12-23)11-16(24-22-21-18)17(15)20-14-7-5-4-6-8-14/h4-8,10-12,19H,2-3,9,18H2,1H3. The smallest absolute Gasteiger partial charge is 0.166 e. The molecule has 0 amide bonds.